The van der Waals surface area contributed by atoms with E-state index < -0.39 is 0 Å². The number of carbonyl (C=O) groups is 2. The molecular formula is C25H33N3O2. The molecule has 160 valence electrons. The minimum Gasteiger partial charge on any atom is -0.353 e. The largest absolute Gasteiger partial charge is 0.353 e. The third-order valence-corrected chi connectivity index (χ3v) is 6.67. The summed E-state index contributed by atoms with van der Waals surface area (Å²) >= 11 is 0. The van der Waals surface area contributed by atoms with E-state index in [2.05, 4.69) is 5.32 Å². The first-order valence-corrected chi connectivity index (χ1v) is 11.5. The first-order chi connectivity index (χ1) is 14.7. The fourth-order valence-electron chi connectivity index (χ4n) is 4.80. The van der Waals surface area contributed by atoms with Gasteiger partial charge in [0.2, 0.25) is 5.91 Å². The predicted octanol–water partition coefficient (Wildman–Crippen LogP) is 4.56. The zero-order valence-corrected chi connectivity index (χ0v) is 17.8. The van der Waals surface area contributed by atoms with E-state index in [1.54, 1.807) is 0 Å². The zero-order chi connectivity index (χ0) is 20.8. The maximum absolute atomic E-state index is 12.8. The lowest BCUT2D eigenvalue weighted by Crippen LogP contribution is -2.46. The molecule has 30 heavy (non-hydrogen) atoms. The Morgan fingerprint density at radius 1 is 0.900 bits per heavy atom. The van der Waals surface area contributed by atoms with Gasteiger partial charge in [-0.15, -0.1) is 0 Å². The van der Waals surface area contributed by atoms with Gasteiger partial charge >= 0.3 is 0 Å². The Kier molecular flexibility index (Phi) is 6.88. The highest BCUT2D eigenvalue weighted by Gasteiger charge is 2.25. The molecule has 1 aromatic heterocycles. The van der Waals surface area contributed by atoms with Crippen molar-refractivity contribution in [2.45, 2.75) is 63.8 Å². The van der Waals surface area contributed by atoms with Gasteiger partial charge < -0.3 is 14.8 Å². The first kappa shape index (κ1) is 20.7. The molecule has 2 amide bonds. The lowest BCUT2D eigenvalue weighted by Gasteiger charge is -2.32. The number of nitrogens with one attached hydrogen (secondary N) is 1. The van der Waals surface area contributed by atoms with E-state index in [0.29, 0.717) is 19.5 Å². The first-order valence-electron chi connectivity index (χ1n) is 11.5. The number of nitrogens with zero attached hydrogens (tertiary/aromatic N) is 2. The smallest absolute Gasteiger partial charge is 0.253 e. The summed E-state index contributed by atoms with van der Waals surface area (Å²) in [4.78, 5) is 27.1. The van der Waals surface area contributed by atoms with E-state index in [0.717, 1.165) is 36.4 Å². The van der Waals surface area contributed by atoms with Crippen molar-refractivity contribution in [3.05, 3.63) is 54.4 Å². The number of carbonyl (C=O) groups excluding carboxylic acids is 2. The number of rotatable bonds is 6. The molecule has 2 heterocycles. The molecule has 2 fully saturated rings. The molecule has 5 nitrogen and oxygen atoms in total. The second kappa shape index (κ2) is 9.96. The molecule has 1 N–H and O–H groups in total. The van der Waals surface area contributed by atoms with Gasteiger partial charge in [0.05, 0.1) is 0 Å². The Morgan fingerprint density at radius 2 is 1.57 bits per heavy atom. The molecule has 1 saturated carbocycles. The van der Waals surface area contributed by atoms with Crippen LogP contribution in [-0.2, 0) is 4.79 Å². The number of hydrogen-bond donors (Lipinski definition) is 1. The van der Waals surface area contributed by atoms with Crippen LogP contribution in [0.15, 0.2) is 48.8 Å². The Labute approximate surface area is 179 Å². The molecule has 2 aromatic rings. The van der Waals surface area contributed by atoms with Crippen LogP contribution in [0.3, 0.4) is 0 Å². The summed E-state index contributed by atoms with van der Waals surface area (Å²) in [5.41, 5.74) is 1.77. The fraction of sp³-hybridized carbons (Fsp3) is 0.520. The van der Waals surface area contributed by atoms with Crippen LogP contribution in [0.25, 0.3) is 5.69 Å². The van der Waals surface area contributed by atoms with Crippen molar-refractivity contribution < 1.29 is 9.59 Å². The molecule has 0 bridgehead atoms. The van der Waals surface area contributed by atoms with Crippen LogP contribution in [0.4, 0.5) is 0 Å². The summed E-state index contributed by atoms with van der Waals surface area (Å²) in [5, 5.41) is 3.20. The number of amides is 2. The van der Waals surface area contributed by atoms with E-state index in [1.807, 2.05) is 58.3 Å². The van der Waals surface area contributed by atoms with Gasteiger partial charge in [-0.1, -0.05) is 32.1 Å². The van der Waals surface area contributed by atoms with Crippen molar-refractivity contribution in [2.24, 2.45) is 5.92 Å². The monoisotopic (exact) mass is 407 g/mol. The Hall–Kier alpha value is -2.56. The van der Waals surface area contributed by atoms with Gasteiger partial charge in [-0.3, -0.25) is 9.59 Å². The minimum absolute atomic E-state index is 0.0798. The molecule has 1 aliphatic heterocycles. The van der Waals surface area contributed by atoms with Crippen LogP contribution < -0.4 is 5.32 Å². The summed E-state index contributed by atoms with van der Waals surface area (Å²) in [6, 6.07) is 11.9. The quantitative estimate of drug-likeness (QED) is 0.763. The molecule has 1 saturated heterocycles. The van der Waals surface area contributed by atoms with Gasteiger partial charge in [0.15, 0.2) is 0 Å². The number of benzene rings is 1. The topological polar surface area (TPSA) is 54.3 Å². The number of piperidine rings is 1. The van der Waals surface area contributed by atoms with Crippen LogP contribution in [0, 0.1) is 5.92 Å². The average molecular weight is 408 g/mol. The van der Waals surface area contributed by atoms with E-state index in [1.165, 1.54) is 32.1 Å². The molecule has 0 atom stereocenters. The van der Waals surface area contributed by atoms with Gasteiger partial charge in [-0.25, -0.2) is 0 Å². The standard InChI is InChI=1S/C25H33N3O2/c29-24(13-8-20-6-2-1-3-7-20)26-22-14-18-28(19-15-22)25(30)21-9-11-23(12-10-21)27-16-4-5-17-27/h4-5,9-12,16-17,20,22H,1-3,6-8,13-15,18-19H2,(H,26,29). The summed E-state index contributed by atoms with van der Waals surface area (Å²) < 4.78 is 2.02. The van der Waals surface area contributed by atoms with Crippen molar-refractivity contribution in [3.8, 4) is 5.69 Å². The summed E-state index contributed by atoms with van der Waals surface area (Å²) in [5.74, 6) is 1.01. The average Bonchev–Trinajstić information content (AvgIpc) is 3.34. The van der Waals surface area contributed by atoms with E-state index in [-0.39, 0.29) is 17.9 Å². The van der Waals surface area contributed by atoms with Gasteiger partial charge in [0, 0.05) is 49.2 Å². The van der Waals surface area contributed by atoms with Crippen LogP contribution >= 0.6 is 0 Å². The second-order valence-corrected chi connectivity index (χ2v) is 8.81. The summed E-state index contributed by atoms with van der Waals surface area (Å²) in [7, 11) is 0. The number of hydrogen-bond acceptors (Lipinski definition) is 2. The Balaban J connectivity index is 1.21. The summed E-state index contributed by atoms with van der Waals surface area (Å²) in [6.45, 7) is 1.40. The molecule has 4 rings (SSSR count). The SMILES string of the molecule is O=C(CCC1CCCCC1)NC1CCN(C(=O)c2ccc(-n3cccc3)cc2)CC1. The number of aromatic nitrogens is 1. The lowest BCUT2D eigenvalue weighted by atomic mass is 9.86. The highest BCUT2D eigenvalue weighted by Crippen LogP contribution is 2.27. The summed E-state index contributed by atoms with van der Waals surface area (Å²) in [6.07, 6.45) is 13.9. The van der Waals surface area contributed by atoms with Crippen LogP contribution in [-0.4, -0.2) is 40.4 Å². The molecule has 2 aliphatic rings. The van der Waals surface area contributed by atoms with Crippen molar-refractivity contribution in [1.29, 1.82) is 0 Å². The number of likely N-dealkylation sites (tertiary alicyclic amines) is 1. The van der Waals surface area contributed by atoms with Crippen molar-refractivity contribution in [3.63, 3.8) is 0 Å². The molecule has 0 unspecified atom stereocenters. The second-order valence-electron chi connectivity index (χ2n) is 8.81. The van der Waals surface area contributed by atoms with E-state index in [4.69, 9.17) is 0 Å². The highest BCUT2D eigenvalue weighted by molar-refractivity contribution is 5.94. The van der Waals surface area contributed by atoms with E-state index in [9.17, 15) is 9.59 Å². The van der Waals surface area contributed by atoms with E-state index >= 15 is 0 Å². The normalized spacial score (nSPS) is 18.3. The maximum Gasteiger partial charge on any atom is 0.253 e. The molecule has 1 aromatic carbocycles. The molecule has 0 radical (unpaired) electrons. The van der Waals surface area contributed by atoms with Crippen LogP contribution in [0.2, 0.25) is 0 Å². The highest BCUT2D eigenvalue weighted by atomic mass is 16.2. The molecule has 5 heteroatoms. The zero-order valence-electron chi connectivity index (χ0n) is 17.8. The molecule has 0 spiro atoms. The maximum atomic E-state index is 12.8. The Bertz CT molecular complexity index is 815. The van der Waals surface area contributed by atoms with Gasteiger partial charge in [-0.2, -0.15) is 0 Å². The van der Waals surface area contributed by atoms with Gasteiger partial charge in [0.1, 0.15) is 0 Å². The lowest BCUT2D eigenvalue weighted by molar-refractivity contribution is -0.122. The van der Waals surface area contributed by atoms with Gasteiger partial charge in [-0.05, 0) is 61.6 Å². The fourth-order valence-corrected chi connectivity index (χ4v) is 4.80. The molecule has 1 aliphatic carbocycles. The minimum atomic E-state index is 0.0798. The molecular weight excluding hydrogens is 374 g/mol. The predicted molar refractivity (Wildman–Crippen MR) is 119 cm³/mol. The van der Waals surface area contributed by atoms with Crippen molar-refractivity contribution in [2.75, 3.05) is 13.1 Å². The third-order valence-electron chi connectivity index (χ3n) is 6.67. The van der Waals surface area contributed by atoms with Gasteiger partial charge in [0.25, 0.3) is 5.91 Å². The van der Waals surface area contributed by atoms with Crippen molar-refractivity contribution in [1.82, 2.24) is 14.8 Å². The van der Waals surface area contributed by atoms with Crippen LogP contribution in [0.1, 0.15) is 68.1 Å². The Morgan fingerprint density at radius 3 is 2.23 bits per heavy atom. The van der Waals surface area contributed by atoms with Crippen LogP contribution in [0.5, 0.6) is 0 Å². The third kappa shape index (κ3) is 5.32. The van der Waals surface area contributed by atoms with Crippen molar-refractivity contribution >= 4 is 11.8 Å².